The van der Waals surface area contributed by atoms with Crippen molar-refractivity contribution < 1.29 is 10.2 Å². The third kappa shape index (κ3) is 3.47. The molecule has 3 N–H and O–H groups in total. The Morgan fingerprint density at radius 1 is 1.26 bits per heavy atom. The van der Waals surface area contributed by atoms with Gasteiger partial charge < -0.3 is 15.2 Å². The van der Waals surface area contributed by atoms with Crippen LogP contribution in [0.3, 0.4) is 0 Å². The molecule has 4 nitrogen and oxygen atoms in total. The second kappa shape index (κ2) is 6.57. The smallest absolute Gasteiger partial charge is 0.146 e. The summed E-state index contributed by atoms with van der Waals surface area (Å²) >= 11 is 0. The average Bonchev–Trinajstić information content (AvgIpc) is 2.87. The zero-order valence-electron chi connectivity index (χ0n) is 11.4. The number of aromatic hydroxyl groups is 1. The molecular weight excluding hydrogens is 240 g/mol. The number of aromatic nitrogens is 2. The monoisotopic (exact) mass is 262 g/mol. The number of nitrogens with one attached hydrogen (secondary N) is 1. The molecule has 2 aromatic rings. The number of fused-ring (bicyclic) bond motifs is 1. The number of unbranched alkanes of at least 4 members (excludes halogenated alkanes) is 2. The van der Waals surface area contributed by atoms with Crippen LogP contribution >= 0.6 is 0 Å². The van der Waals surface area contributed by atoms with Crippen LogP contribution in [-0.4, -0.2) is 26.3 Å². The van der Waals surface area contributed by atoms with Crippen molar-refractivity contribution in [1.29, 1.82) is 0 Å². The van der Waals surface area contributed by atoms with Gasteiger partial charge in [0, 0.05) is 0 Å². The number of aliphatic hydroxyl groups is 1. The first-order valence-corrected chi connectivity index (χ1v) is 7.04. The van der Waals surface area contributed by atoms with Crippen molar-refractivity contribution in [3.63, 3.8) is 0 Å². The van der Waals surface area contributed by atoms with E-state index in [1.165, 1.54) is 12.8 Å². The lowest BCUT2D eigenvalue weighted by Gasteiger charge is -2.11. The van der Waals surface area contributed by atoms with E-state index in [4.69, 9.17) is 0 Å². The lowest BCUT2D eigenvalue weighted by atomic mass is 10.0. The largest absolute Gasteiger partial charge is 0.505 e. The summed E-state index contributed by atoms with van der Waals surface area (Å²) in [6.07, 6.45) is 6.93. The van der Waals surface area contributed by atoms with Gasteiger partial charge in [-0.1, -0.05) is 32.3 Å². The maximum atomic E-state index is 10.1. The maximum absolute atomic E-state index is 10.1. The summed E-state index contributed by atoms with van der Waals surface area (Å²) in [5.74, 6) is 0.236. The van der Waals surface area contributed by atoms with Gasteiger partial charge in [0.05, 0.1) is 17.9 Å². The fourth-order valence-corrected chi connectivity index (χ4v) is 2.33. The number of rotatable bonds is 7. The van der Waals surface area contributed by atoms with Crippen molar-refractivity contribution >= 4 is 11.0 Å². The van der Waals surface area contributed by atoms with Crippen LogP contribution in [0.1, 0.15) is 44.6 Å². The molecule has 0 fully saturated rings. The van der Waals surface area contributed by atoms with Gasteiger partial charge in [-0.25, -0.2) is 4.98 Å². The van der Waals surface area contributed by atoms with Gasteiger partial charge >= 0.3 is 0 Å². The second-order valence-electron chi connectivity index (χ2n) is 5.06. The highest BCUT2D eigenvalue weighted by Crippen LogP contribution is 2.27. The predicted octanol–water partition coefficient (Wildman–Crippen LogP) is 3.14. The third-order valence-corrected chi connectivity index (χ3v) is 3.54. The van der Waals surface area contributed by atoms with Crippen molar-refractivity contribution in [2.75, 3.05) is 0 Å². The van der Waals surface area contributed by atoms with E-state index in [1.807, 2.05) is 12.1 Å². The van der Waals surface area contributed by atoms with Crippen LogP contribution in [0.2, 0.25) is 0 Å². The molecule has 1 heterocycles. The minimum Gasteiger partial charge on any atom is -0.505 e. The summed E-state index contributed by atoms with van der Waals surface area (Å²) in [6, 6.07) is 3.81. The van der Waals surface area contributed by atoms with Gasteiger partial charge in [-0.3, -0.25) is 0 Å². The van der Waals surface area contributed by atoms with Gasteiger partial charge in [0.1, 0.15) is 11.3 Å². The molecule has 0 saturated carbocycles. The Hall–Kier alpha value is -1.55. The Morgan fingerprint density at radius 3 is 2.89 bits per heavy atom. The van der Waals surface area contributed by atoms with E-state index in [9.17, 15) is 10.2 Å². The Morgan fingerprint density at radius 2 is 2.11 bits per heavy atom. The van der Waals surface area contributed by atoms with Crippen LogP contribution in [0.25, 0.3) is 11.0 Å². The number of imidazole rings is 1. The lowest BCUT2D eigenvalue weighted by Crippen LogP contribution is -2.07. The second-order valence-corrected chi connectivity index (χ2v) is 5.06. The fraction of sp³-hybridized carbons (Fsp3) is 0.533. The number of aliphatic hydroxyl groups excluding tert-OH is 1. The molecule has 1 atom stereocenters. The van der Waals surface area contributed by atoms with Gasteiger partial charge in [-0.05, 0) is 30.9 Å². The summed E-state index contributed by atoms with van der Waals surface area (Å²) < 4.78 is 0. The van der Waals surface area contributed by atoms with E-state index in [1.54, 1.807) is 6.33 Å². The van der Waals surface area contributed by atoms with Gasteiger partial charge in [0.2, 0.25) is 0 Å². The number of benzene rings is 1. The van der Waals surface area contributed by atoms with Crippen molar-refractivity contribution in [1.82, 2.24) is 9.97 Å². The summed E-state index contributed by atoms with van der Waals surface area (Å²) in [5, 5.41) is 20.0. The molecular formula is C15H22N2O2. The first-order chi connectivity index (χ1) is 9.22. The molecule has 0 amide bonds. The molecule has 0 saturated heterocycles. The van der Waals surface area contributed by atoms with E-state index < -0.39 is 0 Å². The number of H-pyrrole nitrogens is 1. The summed E-state index contributed by atoms with van der Waals surface area (Å²) in [6.45, 7) is 2.16. The van der Waals surface area contributed by atoms with Gasteiger partial charge in [-0.15, -0.1) is 0 Å². The lowest BCUT2D eigenvalue weighted by molar-refractivity contribution is 0.151. The van der Waals surface area contributed by atoms with Gasteiger partial charge in [0.25, 0.3) is 0 Å². The number of aromatic amines is 1. The van der Waals surface area contributed by atoms with E-state index in [-0.39, 0.29) is 11.9 Å². The number of nitrogens with zero attached hydrogens (tertiary/aromatic N) is 1. The normalized spacial score (nSPS) is 12.9. The summed E-state index contributed by atoms with van der Waals surface area (Å²) in [4.78, 5) is 7.06. The quantitative estimate of drug-likeness (QED) is 0.671. The number of phenolic OH excluding ortho intramolecular Hbond substituents is 1. The van der Waals surface area contributed by atoms with Crippen molar-refractivity contribution in [3.8, 4) is 5.75 Å². The first-order valence-electron chi connectivity index (χ1n) is 7.04. The molecule has 1 aromatic carbocycles. The van der Waals surface area contributed by atoms with Crippen LogP contribution in [-0.2, 0) is 6.42 Å². The fourth-order valence-electron chi connectivity index (χ4n) is 2.33. The van der Waals surface area contributed by atoms with E-state index in [0.717, 1.165) is 23.9 Å². The summed E-state index contributed by atoms with van der Waals surface area (Å²) in [7, 11) is 0. The minimum atomic E-state index is -0.277. The highest BCUT2D eigenvalue weighted by Gasteiger charge is 2.10. The zero-order chi connectivity index (χ0) is 13.7. The predicted molar refractivity (Wildman–Crippen MR) is 76.2 cm³/mol. The van der Waals surface area contributed by atoms with Gasteiger partial charge in [0.15, 0.2) is 0 Å². The molecule has 0 spiro atoms. The minimum absolute atomic E-state index is 0.236. The van der Waals surface area contributed by atoms with E-state index in [2.05, 4.69) is 16.9 Å². The molecule has 0 bridgehead atoms. The number of aryl methyl sites for hydroxylation is 1. The van der Waals surface area contributed by atoms with E-state index in [0.29, 0.717) is 18.4 Å². The Labute approximate surface area is 113 Å². The SMILES string of the molecule is CCCCC[C@H](O)CCc1ccc2[nH]cnc2c1O. The topological polar surface area (TPSA) is 69.1 Å². The highest BCUT2D eigenvalue weighted by atomic mass is 16.3. The van der Waals surface area contributed by atoms with Crippen LogP contribution in [0.4, 0.5) is 0 Å². The molecule has 0 aliphatic heterocycles. The number of phenols is 1. The Bertz CT molecular complexity index is 522. The Kier molecular flexibility index (Phi) is 4.80. The molecule has 1 aromatic heterocycles. The van der Waals surface area contributed by atoms with Crippen molar-refractivity contribution in [3.05, 3.63) is 24.0 Å². The molecule has 19 heavy (non-hydrogen) atoms. The molecule has 104 valence electrons. The van der Waals surface area contributed by atoms with Gasteiger partial charge in [-0.2, -0.15) is 0 Å². The molecule has 0 aliphatic carbocycles. The Balaban J connectivity index is 1.92. The molecule has 0 aliphatic rings. The first kappa shape index (κ1) is 13.9. The van der Waals surface area contributed by atoms with Crippen LogP contribution in [0, 0.1) is 0 Å². The standard InChI is InChI=1S/C15H22N2O2/c1-2-3-4-5-12(18)8-6-11-7-9-13-14(15(11)19)17-10-16-13/h7,9-10,12,18-19H,2-6,8H2,1H3,(H,16,17)/t12-/m0/s1. The highest BCUT2D eigenvalue weighted by molar-refractivity contribution is 5.82. The maximum Gasteiger partial charge on any atom is 0.146 e. The molecule has 0 unspecified atom stereocenters. The van der Waals surface area contributed by atoms with Crippen LogP contribution in [0.5, 0.6) is 5.75 Å². The molecule has 4 heteroatoms. The van der Waals surface area contributed by atoms with Crippen molar-refractivity contribution in [2.24, 2.45) is 0 Å². The molecule has 0 radical (unpaired) electrons. The third-order valence-electron chi connectivity index (χ3n) is 3.54. The van der Waals surface area contributed by atoms with E-state index >= 15 is 0 Å². The summed E-state index contributed by atoms with van der Waals surface area (Å²) in [5.41, 5.74) is 2.30. The average molecular weight is 262 g/mol. The number of hydrogen-bond donors (Lipinski definition) is 3. The van der Waals surface area contributed by atoms with Crippen molar-refractivity contribution in [2.45, 2.75) is 51.6 Å². The zero-order valence-corrected chi connectivity index (χ0v) is 11.4. The number of hydrogen-bond acceptors (Lipinski definition) is 3. The van der Waals surface area contributed by atoms with Crippen LogP contribution < -0.4 is 0 Å². The molecule has 2 rings (SSSR count). The van der Waals surface area contributed by atoms with Crippen LogP contribution in [0.15, 0.2) is 18.5 Å².